The van der Waals surface area contributed by atoms with E-state index in [0.29, 0.717) is 58.4 Å². The van der Waals surface area contributed by atoms with Crippen LogP contribution in [0.25, 0.3) is 0 Å². The van der Waals surface area contributed by atoms with Gasteiger partial charge in [0.1, 0.15) is 17.1 Å². The number of hydrogen-bond donors (Lipinski definition) is 1. The van der Waals surface area contributed by atoms with E-state index in [1.165, 1.54) is 18.7 Å². The Labute approximate surface area is 305 Å². The molecule has 278 valence electrons. The molecule has 1 aliphatic rings. The molecule has 4 rings (SSSR count). The largest absolute Gasteiger partial charge is 0.497 e. The van der Waals surface area contributed by atoms with Crippen LogP contribution in [-0.4, -0.2) is 119 Å². The molecule has 1 heterocycles. The average Bonchev–Trinajstić information content (AvgIpc) is 3.54. The van der Waals surface area contributed by atoms with E-state index >= 15 is 0 Å². The van der Waals surface area contributed by atoms with E-state index in [4.69, 9.17) is 33.2 Å². The highest BCUT2D eigenvalue weighted by Crippen LogP contribution is 2.42. The molecule has 0 unspecified atom stereocenters. The lowest BCUT2D eigenvalue weighted by atomic mass is 9.80. The summed E-state index contributed by atoms with van der Waals surface area (Å²) in [7, 11) is 3.27. The number of carbonyl (C=O) groups is 2. The van der Waals surface area contributed by atoms with Gasteiger partial charge in [0.15, 0.2) is 5.12 Å². The predicted molar refractivity (Wildman–Crippen MR) is 195 cm³/mol. The number of ether oxygens (including phenoxy) is 7. The Hall–Kier alpha value is -3.49. The number of β-amino-alcohol motifs (C(OH)–C–C–N with tert-alkyl or cyclic N) is 1. The number of methoxy groups -OCH3 is 2. The third kappa shape index (κ3) is 12.3. The standard InChI is InChI=1S/C39H51NO10S/c1-30(41)51-26-25-49-24-23-48-22-21-47-20-19-46-18-17-38(43)40-28-35(42)27-34(40)29-50-39(31-7-5-4-6-8-31,32-9-13-36(44-2)14-10-32)33-11-15-37(45-3)16-12-33/h4-16,34-35,42H,17-29H2,1-3H3/t34-,35+/m0/s1. The molecule has 0 aromatic heterocycles. The quantitative estimate of drug-likeness (QED) is 0.108. The zero-order valence-corrected chi connectivity index (χ0v) is 30.6. The smallest absolute Gasteiger partial charge is 0.225 e. The Balaban J connectivity index is 1.30. The van der Waals surface area contributed by atoms with Crippen molar-refractivity contribution in [2.24, 2.45) is 0 Å². The number of hydrogen-bond acceptors (Lipinski definition) is 11. The minimum absolute atomic E-state index is 0.0855. The van der Waals surface area contributed by atoms with E-state index in [-0.39, 0.29) is 43.2 Å². The van der Waals surface area contributed by atoms with Crippen LogP contribution in [0.2, 0.25) is 0 Å². The number of aliphatic hydroxyl groups is 1. The van der Waals surface area contributed by atoms with Crippen LogP contribution in [0.5, 0.6) is 11.5 Å². The van der Waals surface area contributed by atoms with E-state index < -0.39 is 11.7 Å². The molecule has 1 N–H and O–H groups in total. The van der Waals surface area contributed by atoms with Crippen molar-refractivity contribution in [2.45, 2.75) is 37.5 Å². The fourth-order valence-electron chi connectivity index (χ4n) is 5.96. The van der Waals surface area contributed by atoms with Crippen LogP contribution in [0.3, 0.4) is 0 Å². The van der Waals surface area contributed by atoms with Gasteiger partial charge in [-0.05, 0) is 47.4 Å². The van der Waals surface area contributed by atoms with E-state index in [9.17, 15) is 14.7 Å². The molecule has 1 fully saturated rings. The molecule has 1 amide bonds. The summed E-state index contributed by atoms with van der Waals surface area (Å²) in [4.78, 5) is 26.0. The topological polar surface area (TPSA) is 122 Å². The van der Waals surface area contributed by atoms with Gasteiger partial charge in [0.25, 0.3) is 0 Å². The number of rotatable bonds is 23. The van der Waals surface area contributed by atoms with Crippen LogP contribution in [0, 0.1) is 0 Å². The Morgan fingerprint density at radius 1 is 0.725 bits per heavy atom. The molecule has 12 heteroatoms. The molecule has 0 bridgehead atoms. The number of aliphatic hydroxyl groups excluding tert-OH is 1. The van der Waals surface area contributed by atoms with Gasteiger partial charge >= 0.3 is 0 Å². The molecule has 3 aromatic rings. The van der Waals surface area contributed by atoms with Crippen molar-refractivity contribution in [3.05, 3.63) is 95.6 Å². The molecule has 1 saturated heterocycles. The molecule has 0 aliphatic carbocycles. The molecule has 1 aliphatic heterocycles. The maximum atomic E-state index is 13.4. The molecule has 2 atom stereocenters. The monoisotopic (exact) mass is 725 g/mol. The third-order valence-corrected chi connectivity index (χ3v) is 9.26. The Kier molecular flexibility index (Phi) is 17.2. The van der Waals surface area contributed by atoms with E-state index in [1.807, 2.05) is 78.9 Å². The van der Waals surface area contributed by atoms with Crippen LogP contribution < -0.4 is 9.47 Å². The summed E-state index contributed by atoms with van der Waals surface area (Å²) in [6, 6.07) is 25.3. The van der Waals surface area contributed by atoms with Crippen LogP contribution >= 0.6 is 11.8 Å². The molecule has 0 radical (unpaired) electrons. The number of carbonyl (C=O) groups excluding carboxylic acids is 2. The van der Waals surface area contributed by atoms with Gasteiger partial charge in [0, 0.05) is 19.2 Å². The van der Waals surface area contributed by atoms with Gasteiger partial charge in [-0.3, -0.25) is 9.59 Å². The maximum absolute atomic E-state index is 13.4. The highest BCUT2D eigenvalue weighted by atomic mass is 32.2. The average molecular weight is 726 g/mol. The normalized spacial score (nSPS) is 16.0. The Morgan fingerprint density at radius 2 is 1.22 bits per heavy atom. The van der Waals surface area contributed by atoms with Gasteiger partial charge in [0.2, 0.25) is 5.91 Å². The van der Waals surface area contributed by atoms with E-state index in [1.54, 1.807) is 19.1 Å². The summed E-state index contributed by atoms with van der Waals surface area (Å²) in [6.07, 6.45) is -0.0636. The summed E-state index contributed by atoms with van der Waals surface area (Å²) in [5.74, 6) is 2.00. The van der Waals surface area contributed by atoms with Crippen molar-refractivity contribution in [1.82, 2.24) is 4.90 Å². The van der Waals surface area contributed by atoms with E-state index in [2.05, 4.69) is 0 Å². The second-order valence-electron chi connectivity index (χ2n) is 11.9. The van der Waals surface area contributed by atoms with Gasteiger partial charge in [0.05, 0.1) is 92.2 Å². The number of nitrogens with zero attached hydrogens (tertiary/aromatic N) is 1. The summed E-state index contributed by atoms with van der Waals surface area (Å²) < 4.78 is 40.0. The first-order chi connectivity index (χ1) is 24.9. The van der Waals surface area contributed by atoms with Crippen LogP contribution in [0.1, 0.15) is 36.5 Å². The number of benzene rings is 3. The van der Waals surface area contributed by atoms with Gasteiger partial charge in [-0.25, -0.2) is 0 Å². The molecule has 51 heavy (non-hydrogen) atoms. The fourth-order valence-corrected chi connectivity index (χ4v) is 6.45. The van der Waals surface area contributed by atoms with Crippen molar-refractivity contribution in [2.75, 3.05) is 86.0 Å². The van der Waals surface area contributed by atoms with Crippen molar-refractivity contribution in [1.29, 1.82) is 0 Å². The van der Waals surface area contributed by atoms with Gasteiger partial charge in [-0.2, -0.15) is 0 Å². The first-order valence-corrected chi connectivity index (χ1v) is 18.3. The molecule has 0 saturated carbocycles. The zero-order valence-electron chi connectivity index (χ0n) is 29.8. The second kappa shape index (κ2) is 21.8. The summed E-state index contributed by atoms with van der Waals surface area (Å²) >= 11 is 1.25. The summed E-state index contributed by atoms with van der Waals surface area (Å²) in [6.45, 7) is 5.24. The molecule has 3 aromatic carbocycles. The lowest BCUT2D eigenvalue weighted by molar-refractivity contribution is -0.135. The van der Waals surface area contributed by atoms with Crippen LogP contribution in [-0.2, 0) is 38.9 Å². The summed E-state index contributed by atoms with van der Waals surface area (Å²) in [5, 5.41) is 10.8. The zero-order chi connectivity index (χ0) is 36.3. The Morgan fingerprint density at radius 3 is 1.73 bits per heavy atom. The number of amides is 1. The number of thioether (sulfide) groups is 1. The molecule has 0 spiro atoms. The summed E-state index contributed by atoms with van der Waals surface area (Å²) in [5.41, 5.74) is 1.68. The van der Waals surface area contributed by atoms with Crippen LogP contribution in [0.15, 0.2) is 78.9 Å². The van der Waals surface area contributed by atoms with Gasteiger partial charge in [-0.1, -0.05) is 66.4 Å². The van der Waals surface area contributed by atoms with Crippen molar-refractivity contribution < 1.29 is 47.9 Å². The highest BCUT2D eigenvalue weighted by molar-refractivity contribution is 8.13. The predicted octanol–water partition coefficient (Wildman–Crippen LogP) is 4.71. The highest BCUT2D eigenvalue weighted by Gasteiger charge is 2.41. The van der Waals surface area contributed by atoms with E-state index in [0.717, 1.165) is 28.2 Å². The number of likely N-dealkylation sites (tertiary alicyclic amines) is 1. The molecular weight excluding hydrogens is 674 g/mol. The lowest BCUT2D eigenvalue weighted by Gasteiger charge is -2.38. The van der Waals surface area contributed by atoms with Crippen LogP contribution in [0.4, 0.5) is 0 Å². The minimum atomic E-state index is -1.03. The first kappa shape index (κ1) is 40.3. The minimum Gasteiger partial charge on any atom is -0.497 e. The molecule has 11 nitrogen and oxygen atoms in total. The maximum Gasteiger partial charge on any atom is 0.225 e. The van der Waals surface area contributed by atoms with Crippen molar-refractivity contribution in [3.63, 3.8) is 0 Å². The molecular formula is C39H51NO10S. The van der Waals surface area contributed by atoms with Crippen molar-refractivity contribution in [3.8, 4) is 11.5 Å². The second-order valence-corrected chi connectivity index (χ2v) is 13.2. The first-order valence-electron chi connectivity index (χ1n) is 17.3. The lowest BCUT2D eigenvalue weighted by Crippen LogP contribution is -2.42. The SMILES string of the molecule is COc1ccc(C(OC[C@@H]2C[C@@H](O)CN2C(=O)CCOCCOCCOCCOCCSC(C)=O)(c2ccccc2)c2ccc(OC)cc2)cc1. The Bertz CT molecular complexity index is 1390. The fraction of sp³-hybridized carbons (Fsp3) is 0.487. The van der Waals surface area contributed by atoms with Crippen molar-refractivity contribution >= 4 is 22.8 Å². The third-order valence-electron chi connectivity index (χ3n) is 8.49. The van der Waals surface area contributed by atoms with Gasteiger partial charge < -0.3 is 43.2 Å². The van der Waals surface area contributed by atoms with Gasteiger partial charge in [-0.15, -0.1) is 0 Å².